The molecule has 1 atom stereocenters. The van der Waals surface area contributed by atoms with Gasteiger partial charge in [0, 0.05) is 11.4 Å². The molecule has 0 aliphatic rings. The predicted octanol–water partition coefficient (Wildman–Crippen LogP) is 3.55. The molecule has 5 heteroatoms. The van der Waals surface area contributed by atoms with Gasteiger partial charge in [-0.15, -0.1) is 11.3 Å². The minimum atomic E-state index is -3.30. The summed E-state index contributed by atoms with van der Waals surface area (Å²) in [6, 6.07) is 3.52. The van der Waals surface area contributed by atoms with Gasteiger partial charge in [-0.25, -0.2) is 13.1 Å². The van der Waals surface area contributed by atoms with Gasteiger partial charge in [0.1, 0.15) is 4.21 Å². The van der Waals surface area contributed by atoms with Gasteiger partial charge in [0.25, 0.3) is 0 Å². The molecule has 18 heavy (non-hydrogen) atoms. The smallest absolute Gasteiger partial charge is 0.210 e. The summed E-state index contributed by atoms with van der Waals surface area (Å²) in [5.74, 6) is 0.445. The number of hydrogen-bond donors (Lipinski definition) is 1. The molecule has 3 nitrogen and oxygen atoms in total. The van der Waals surface area contributed by atoms with E-state index in [0.29, 0.717) is 16.7 Å². The van der Waals surface area contributed by atoms with E-state index in [1.54, 1.807) is 6.07 Å². The third-order valence-electron chi connectivity index (χ3n) is 3.09. The van der Waals surface area contributed by atoms with E-state index in [1.807, 2.05) is 13.0 Å². The first-order valence-electron chi connectivity index (χ1n) is 6.55. The summed E-state index contributed by atoms with van der Waals surface area (Å²) in [5.41, 5.74) is 0. The molecule has 0 aliphatic carbocycles. The first-order valence-corrected chi connectivity index (χ1v) is 8.85. The van der Waals surface area contributed by atoms with Gasteiger partial charge in [0.05, 0.1) is 0 Å². The zero-order valence-electron chi connectivity index (χ0n) is 11.4. The van der Waals surface area contributed by atoms with Gasteiger partial charge < -0.3 is 0 Å². The first-order chi connectivity index (χ1) is 8.49. The van der Waals surface area contributed by atoms with Gasteiger partial charge in [0.2, 0.25) is 10.0 Å². The number of hydrogen-bond acceptors (Lipinski definition) is 3. The van der Waals surface area contributed by atoms with Crippen LogP contribution in [0.4, 0.5) is 0 Å². The van der Waals surface area contributed by atoms with Crippen molar-refractivity contribution in [2.75, 3.05) is 6.54 Å². The number of rotatable bonds is 8. The van der Waals surface area contributed by atoms with Crippen molar-refractivity contribution in [1.29, 1.82) is 0 Å². The molecular formula is C13H23NO2S2. The van der Waals surface area contributed by atoms with Crippen molar-refractivity contribution in [3.63, 3.8) is 0 Å². The molecule has 1 unspecified atom stereocenters. The van der Waals surface area contributed by atoms with Crippen LogP contribution >= 0.6 is 11.3 Å². The first kappa shape index (κ1) is 15.7. The SMILES string of the molecule is CCCCC(CC)CNS(=O)(=O)c1ccc(C)s1. The minimum Gasteiger partial charge on any atom is -0.210 e. The Labute approximate surface area is 115 Å². The quantitative estimate of drug-likeness (QED) is 0.795. The highest BCUT2D eigenvalue weighted by Gasteiger charge is 2.17. The number of sulfonamides is 1. The average Bonchev–Trinajstić information content (AvgIpc) is 2.77. The molecule has 1 heterocycles. The third-order valence-corrected chi connectivity index (χ3v) is 6.00. The monoisotopic (exact) mass is 289 g/mol. The highest BCUT2D eigenvalue weighted by atomic mass is 32.2. The van der Waals surface area contributed by atoms with E-state index in [2.05, 4.69) is 18.6 Å². The van der Waals surface area contributed by atoms with Crippen LogP contribution in [0.15, 0.2) is 16.3 Å². The molecule has 0 aliphatic heterocycles. The van der Waals surface area contributed by atoms with Crippen LogP contribution < -0.4 is 4.72 Å². The lowest BCUT2D eigenvalue weighted by atomic mass is 10.00. The van der Waals surface area contributed by atoms with Crippen LogP contribution in [0.5, 0.6) is 0 Å². The lowest BCUT2D eigenvalue weighted by Gasteiger charge is -2.14. The fourth-order valence-corrected chi connectivity index (χ4v) is 4.24. The van der Waals surface area contributed by atoms with Gasteiger partial charge in [-0.1, -0.05) is 33.1 Å². The fourth-order valence-electron chi connectivity index (χ4n) is 1.80. The zero-order chi connectivity index (χ0) is 13.6. The Morgan fingerprint density at radius 3 is 2.56 bits per heavy atom. The Morgan fingerprint density at radius 2 is 2.06 bits per heavy atom. The van der Waals surface area contributed by atoms with Gasteiger partial charge in [-0.05, 0) is 31.4 Å². The lowest BCUT2D eigenvalue weighted by molar-refractivity contribution is 0.444. The Kier molecular flexibility index (Phi) is 6.32. The topological polar surface area (TPSA) is 46.2 Å². The van der Waals surface area contributed by atoms with Crippen molar-refractivity contribution in [1.82, 2.24) is 4.72 Å². The van der Waals surface area contributed by atoms with Crippen molar-refractivity contribution in [2.45, 2.75) is 50.7 Å². The third kappa shape index (κ3) is 4.71. The van der Waals surface area contributed by atoms with Crippen LogP contribution in [0.3, 0.4) is 0 Å². The summed E-state index contributed by atoms with van der Waals surface area (Å²) < 4.78 is 27.2. The van der Waals surface area contributed by atoms with Gasteiger partial charge in [-0.2, -0.15) is 0 Å². The number of aryl methyl sites for hydroxylation is 1. The maximum atomic E-state index is 12.0. The Bertz CT molecular complexity index is 451. The van der Waals surface area contributed by atoms with Gasteiger partial charge in [-0.3, -0.25) is 0 Å². The van der Waals surface area contributed by atoms with Crippen LogP contribution in [0.2, 0.25) is 0 Å². The van der Waals surface area contributed by atoms with Crippen LogP contribution in [0.1, 0.15) is 44.4 Å². The molecule has 0 amide bonds. The largest absolute Gasteiger partial charge is 0.250 e. The molecule has 0 aromatic carbocycles. The predicted molar refractivity (Wildman–Crippen MR) is 77.6 cm³/mol. The van der Waals surface area contributed by atoms with E-state index in [4.69, 9.17) is 0 Å². The van der Waals surface area contributed by atoms with Crippen molar-refractivity contribution < 1.29 is 8.42 Å². The van der Waals surface area contributed by atoms with Crippen molar-refractivity contribution >= 4 is 21.4 Å². The number of nitrogens with one attached hydrogen (secondary N) is 1. The molecule has 0 saturated heterocycles. The second-order valence-electron chi connectivity index (χ2n) is 4.63. The van der Waals surface area contributed by atoms with E-state index in [0.717, 1.165) is 24.1 Å². The molecule has 1 rings (SSSR count). The maximum absolute atomic E-state index is 12.0. The minimum absolute atomic E-state index is 0.422. The van der Waals surface area contributed by atoms with E-state index in [1.165, 1.54) is 17.8 Å². The fraction of sp³-hybridized carbons (Fsp3) is 0.692. The summed E-state index contributed by atoms with van der Waals surface area (Å²) >= 11 is 1.32. The van der Waals surface area contributed by atoms with Crippen LogP contribution in [-0.4, -0.2) is 15.0 Å². The van der Waals surface area contributed by atoms with Crippen LogP contribution in [0, 0.1) is 12.8 Å². The van der Waals surface area contributed by atoms with Crippen molar-refractivity contribution in [2.24, 2.45) is 5.92 Å². The molecule has 1 aromatic heterocycles. The highest BCUT2D eigenvalue weighted by molar-refractivity contribution is 7.91. The summed E-state index contributed by atoms with van der Waals surface area (Å²) in [5, 5.41) is 0. The normalized spacial score (nSPS) is 13.7. The van der Waals surface area contributed by atoms with E-state index in [9.17, 15) is 8.42 Å². The second kappa shape index (κ2) is 7.26. The number of thiophene rings is 1. The molecule has 1 aromatic rings. The molecule has 0 saturated carbocycles. The molecule has 0 bridgehead atoms. The summed E-state index contributed by atoms with van der Waals surface area (Å²) in [7, 11) is -3.30. The summed E-state index contributed by atoms with van der Waals surface area (Å²) in [6.45, 7) is 6.74. The van der Waals surface area contributed by atoms with Crippen LogP contribution in [0.25, 0.3) is 0 Å². The van der Waals surface area contributed by atoms with Gasteiger partial charge >= 0.3 is 0 Å². The highest BCUT2D eigenvalue weighted by Crippen LogP contribution is 2.21. The molecule has 0 spiro atoms. The lowest BCUT2D eigenvalue weighted by Crippen LogP contribution is -2.28. The molecule has 0 radical (unpaired) electrons. The average molecular weight is 289 g/mol. The summed E-state index contributed by atoms with van der Waals surface area (Å²) in [4.78, 5) is 1.02. The molecular weight excluding hydrogens is 266 g/mol. The van der Waals surface area contributed by atoms with Crippen LogP contribution in [-0.2, 0) is 10.0 Å². The molecule has 0 fully saturated rings. The maximum Gasteiger partial charge on any atom is 0.250 e. The molecule has 1 N–H and O–H groups in total. The van der Waals surface area contributed by atoms with E-state index >= 15 is 0 Å². The standard InChI is InChI=1S/C13H23NO2S2/c1-4-6-7-12(5-2)10-14-18(15,16)13-9-8-11(3)17-13/h8-9,12,14H,4-7,10H2,1-3H3. The van der Waals surface area contributed by atoms with Crippen molar-refractivity contribution in [3.05, 3.63) is 17.0 Å². The Balaban J connectivity index is 2.55. The molecule has 104 valence electrons. The Hall–Kier alpha value is -0.390. The van der Waals surface area contributed by atoms with Gasteiger partial charge in [0.15, 0.2) is 0 Å². The number of unbranched alkanes of at least 4 members (excludes halogenated alkanes) is 1. The summed E-state index contributed by atoms with van der Waals surface area (Å²) in [6.07, 6.45) is 4.44. The Morgan fingerprint density at radius 1 is 1.33 bits per heavy atom. The zero-order valence-corrected chi connectivity index (χ0v) is 13.0. The van der Waals surface area contributed by atoms with Crippen molar-refractivity contribution in [3.8, 4) is 0 Å². The second-order valence-corrected chi connectivity index (χ2v) is 7.92. The van der Waals surface area contributed by atoms with E-state index in [-0.39, 0.29) is 0 Å². The van der Waals surface area contributed by atoms with E-state index < -0.39 is 10.0 Å².